The average Bonchev–Trinajstić information content (AvgIpc) is 2.61. The Labute approximate surface area is 179 Å². The lowest BCUT2D eigenvalue weighted by Gasteiger charge is -2.52. The molecule has 4 fully saturated rings. The Morgan fingerprint density at radius 2 is 1.52 bits per heavy atom. The van der Waals surface area contributed by atoms with E-state index in [-0.39, 0.29) is 36.6 Å². The molecule has 0 radical (unpaired) electrons. The number of Topliss-reactive ketones (excluding diaryl/α,β-unsaturated/α-hetero) is 1. The van der Waals surface area contributed by atoms with E-state index in [2.05, 4.69) is 15.4 Å². The maximum absolute atomic E-state index is 12.8. The fourth-order valence-electron chi connectivity index (χ4n) is 4.85. The number of carbonyl (C=O) groups excluding carboxylic acids is 3. The fourth-order valence-corrected chi connectivity index (χ4v) is 4.85. The Hall–Kier alpha value is -1.84. The molecule has 10 heteroatoms. The van der Waals surface area contributed by atoms with E-state index in [1.54, 1.807) is 20.8 Å². The summed E-state index contributed by atoms with van der Waals surface area (Å²) in [5.41, 5.74) is -1.50. The Bertz CT molecular complexity index is 701. The Morgan fingerprint density at radius 3 is 2.00 bits per heavy atom. The molecule has 4 aliphatic carbocycles. The largest absolute Gasteiger partial charge is 0.522 e. The van der Waals surface area contributed by atoms with Crippen LogP contribution in [0, 0.1) is 11.3 Å². The van der Waals surface area contributed by atoms with Gasteiger partial charge in [-0.1, -0.05) is 0 Å². The highest BCUT2D eigenvalue weighted by atomic mass is 19.4. The highest BCUT2D eigenvalue weighted by molar-refractivity contribution is 5.90. The minimum absolute atomic E-state index is 0.0260. The minimum Gasteiger partial charge on any atom is -0.444 e. The molecule has 0 aromatic carbocycles. The van der Waals surface area contributed by atoms with Crippen molar-refractivity contribution in [1.82, 2.24) is 10.6 Å². The van der Waals surface area contributed by atoms with Gasteiger partial charge in [-0.2, -0.15) is 0 Å². The highest BCUT2D eigenvalue weighted by Gasteiger charge is 2.53. The number of ether oxygens (including phenoxy) is 2. The third-order valence-corrected chi connectivity index (χ3v) is 6.77. The second kappa shape index (κ2) is 8.26. The summed E-state index contributed by atoms with van der Waals surface area (Å²) in [7, 11) is 0. The Morgan fingerprint density at radius 1 is 0.968 bits per heavy atom. The van der Waals surface area contributed by atoms with Crippen LogP contribution in [0.1, 0.15) is 72.1 Å². The third-order valence-electron chi connectivity index (χ3n) is 6.77. The van der Waals surface area contributed by atoms with Gasteiger partial charge in [0.1, 0.15) is 5.60 Å². The summed E-state index contributed by atoms with van der Waals surface area (Å²) in [6.07, 6.45) is -2.28. The van der Waals surface area contributed by atoms with Crippen LogP contribution in [0.3, 0.4) is 0 Å². The predicted octanol–water partition coefficient (Wildman–Crippen LogP) is 3.60. The zero-order valence-electron chi connectivity index (χ0n) is 18.2. The van der Waals surface area contributed by atoms with Crippen LogP contribution in [0.2, 0.25) is 0 Å². The van der Waals surface area contributed by atoms with Gasteiger partial charge in [0.15, 0.2) is 5.78 Å². The molecule has 0 aromatic rings. The molecule has 2 amide bonds. The van der Waals surface area contributed by atoms with Crippen molar-refractivity contribution in [3.05, 3.63) is 0 Å². The maximum Gasteiger partial charge on any atom is 0.522 e. The SMILES string of the molecule is CC(C)(C)OC(=O)NC12CCC(C(=O)NCC(=O)[C@H]3C[C@@H](OC(F)(F)F)C3)(CC1)CC2. The van der Waals surface area contributed by atoms with Gasteiger partial charge in [0.25, 0.3) is 0 Å². The standard InChI is InChI=1S/C21H31F3N2O5/c1-18(2,3)31-17(29)26-20-7-4-19(5-8-20,6-9-20)16(28)25-12-15(27)13-10-14(11-13)30-21(22,23)24/h13-14H,4-12H2,1-3H3,(H,25,28)(H,26,29)/t13-,14+,19?,20?. The van der Waals surface area contributed by atoms with Crippen molar-refractivity contribution in [2.24, 2.45) is 11.3 Å². The second-order valence-electron chi connectivity index (χ2n) is 10.2. The van der Waals surface area contributed by atoms with E-state index in [1.165, 1.54) is 0 Å². The van der Waals surface area contributed by atoms with Gasteiger partial charge in [-0.15, -0.1) is 13.2 Å². The molecule has 2 bridgehead atoms. The second-order valence-corrected chi connectivity index (χ2v) is 10.2. The minimum atomic E-state index is -4.69. The van der Waals surface area contributed by atoms with Crippen molar-refractivity contribution in [3.8, 4) is 0 Å². The molecular weight excluding hydrogens is 417 g/mol. The van der Waals surface area contributed by atoms with Crippen molar-refractivity contribution in [1.29, 1.82) is 0 Å². The van der Waals surface area contributed by atoms with E-state index in [9.17, 15) is 27.6 Å². The number of alkyl carbamates (subject to hydrolysis) is 1. The zero-order valence-corrected chi connectivity index (χ0v) is 18.2. The van der Waals surface area contributed by atoms with Gasteiger partial charge < -0.3 is 15.4 Å². The quantitative estimate of drug-likeness (QED) is 0.648. The number of hydrogen-bond acceptors (Lipinski definition) is 5. The number of rotatable bonds is 6. The average molecular weight is 448 g/mol. The van der Waals surface area contributed by atoms with Crippen molar-refractivity contribution >= 4 is 17.8 Å². The summed E-state index contributed by atoms with van der Waals surface area (Å²) in [6, 6.07) is 0. The normalized spacial score (nSPS) is 32.7. The first-order valence-electron chi connectivity index (χ1n) is 10.8. The van der Waals surface area contributed by atoms with Gasteiger partial charge in [-0.25, -0.2) is 4.79 Å². The molecule has 7 nitrogen and oxygen atoms in total. The van der Waals surface area contributed by atoms with E-state index >= 15 is 0 Å². The van der Waals surface area contributed by atoms with E-state index in [4.69, 9.17) is 4.74 Å². The predicted molar refractivity (Wildman–Crippen MR) is 104 cm³/mol. The molecule has 0 atom stereocenters. The molecule has 0 heterocycles. The summed E-state index contributed by atoms with van der Waals surface area (Å²) in [5.74, 6) is -0.957. The molecule has 0 saturated heterocycles. The number of nitrogens with one attached hydrogen (secondary N) is 2. The molecule has 4 rings (SSSR count). The van der Waals surface area contributed by atoms with Crippen LogP contribution in [0.15, 0.2) is 0 Å². The third kappa shape index (κ3) is 5.90. The van der Waals surface area contributed by atoms with Crippen molar-refractivity contribution in [3.63, 3.8) is 0 Å². The molecule has 4 saturated carbocycles. The number of fused-ring (bicyclic) bond motifs is 3. The van der Waals surface area contributed by atoms with Gasteiger partial charge in [-0.05, 0) is 72.1 Å². The molecule has 0 aliphatic heterocycles. The molecular formula is C21H31F3N2O5. The van der Waals surface area contributed by atoms with E-state index in [0.717, 1.165) is 0 Å². The van der Waals surface area contributed by atoms with E-state index in [0.29, 0.717) is 38.5 Å². The van der Waals surface area contributed by atoms with E-state index < -0.39 is 35.5 Å². The molecule has 0 aromatic heterocycles. The number of halogens is 3. The molecule has 176 valence electrons. The van der Waals surface area contributed by atoms with Crippen molar-refractivity contribution < 1.29 is 37.0 Å². The Kier molecular flexibility index (Phi) is 6.34. The monoisotopic (exact) mass is 448 g/mol. The number of alkyl halides is 3. The van der Waals surface area contributed by atoms with Crippen LogP contribution in [0.5, 0.6) is 0 Å². The molecule has 4 aliphatic rings. The lowest BCUT2D eigenvalue weighted by molar-refractivity contribution is -0.353. The van der Waals surface area contributed by atoms with Gasteiger partial charge in [0, 0.05) is 16.9 Å². The van der Waals surface area contributed by atoms with Crippen LogP contribution >= 0.6 is 0 Å². The molecule has 2 N–H and O–H groups in total. The number of amides is 2. The first-order valence-corrected chi connectivity index (χ1v) is 10.8. The lowest BCUT2D eigenvalue weighted by atomic mass is 9.57. The summed E-state index contributed by atoms with van der Waals surface area (Å²) < 4.78 is 45.8. The number of ketones is 1. The smallest absolute Gasteiger partial charge is 0.444 e. The van der Waals surface area contributed by atoms with Crippen molar-refractivity contribution in [2.45, 2.75) is 95.7 Å². The zero-order chi connectivity index (χ0) is 23.1. The summed E-state index contributed by atoms with van der Waals surface area (Å²) in [4.78, 5) is 37.2. The van der Waals surface area contributed by atoms with Crippen LogP contribution in [0.4, 0.5) is 18.0 Å². The maximum atomic E-state index is 12.8. The first-order chi connectivity index (χ1) is 14.2. The molecule has 0 spiro atoms. The lowest BCUT2D eigenvalue weighted by Crippen LogP contribution is -2.60. The van der Waals surface area contributed by atoms with Gasteiger partial charge >= 0.3 is 12.5 Å². The topological polar surface area (TPSA) is 93.7 Å². The highest BCUT2D eigenvalue weighted by Crippen LogP contribution is 2.52. The fraction of sp³-hybridized carbons (Fsp3) is 0.857. The van der Waals surface area contributed by atoms with Gasteiger partial charge in [-0.3, -0.25) is 14.3 Å². The first kappa shape index (κ1) is 23.8. The number of hydrogen-bond donors (Lipinski definition) is 2. The summed E-state index contributed by atoms with van der Waals surface area (Å²) in [5, 5.41) is 5.70. The van der Waals surface area contributed by atoms with Crippen LogP contribution in [0.25, 0.3) is 0 Å². The van der Waals surface area contributed by atoms with Crippen LogP contribution in [-0.2, 0) is 19.1 Å². The number of carbonyl (C=O) groups is 3. The Balaban J connectivity index is 1.43. The van der Waals surface area contributed by atoms with Gasteiger partial charge in [0.05, 0.1) is 12.6 Å². The molecule has 31 heavy (non-hydrogen) atoms. The summed E-state index contributed by atoms with van der Waals surface area (Å²) in [6.45, 7) is 5.23. The van der Waals surface area contributed by atoms with E-state index in [1.807, 2.05) is 0 Å². The van der Waals surface area contributed by atoms with Crippen molar-refractivity contribution in [2.75, 3.05) is 6.54 Å². The summed E-state index contributed by atoms with van der Waals surface area (Å²) >= 11 is 0. The van der Waals surface area contributed by atoms with Gasteiger partial charge in [0.2, 0.25) is 5.91 Å². The van der Waals surface area contributed by atoms with Crippen LogP contribution in [-0.4, -0.2) is 47.9 Å². The van der Waals surface area contributed by atoms with Crippen LogP contribution < -0.4 is 10.6 Å². The molecule has 0 unspecified atom stereocenters.